The number of benzene rings is 1. The molecule has 0 unspecified atom stereocenters. The number of nitrogens with zero attached hydrogens (tertiary/aromatic N) is 3. The van der Waals surface area contributed by atoms with Crippen LogP contribution in [-0.2, 0) is 23.0 Å². The molecule has 29 heavy (non-hydrogen) atoms. The summed E-state index contributed by atoms with van der Waals surface area (Å²) < 4.78 is 31.9. The van der Waals surface area contributed by atoms with E-state index in [-0.39, 0.29) is 29.6 Å². The first-order valence-corrected chi connectivity index (χ1v) is 10.7. The summed E-state index contributed by atoms with van der Waals surface area (Å²) in [6.07, 6.45) is 3.11. The molecule has 0 saturated heterocycles. The van der Waals surface area contributed by atoms with Crippen LogP contribution in [-0.4, -0.2) is 35.1 Å². The van der Waals surface area contributed by atoms with Crippen LogP contribution < -0.4 is 5.32 Å². The summed E-state index contributed by atoms with van der Waals surface area (Å²) in [7, 11) is -3.81. The van der Waals surface area contributed by atoms with E-state index in [0.29, 0.717) is 17.1 Å². The number of nitro groups is 1. The predicted octanol–water partition coefficient (Wildman–Crippen LogP) is 2.64. The van der Waals surface area contributed by atoms with Crippen molar-refractivity contribution in [1.29, 1.82) is 0 Å². The minimum Gasteiger partial charge on any atom is -0.472 e. The number of sulfonamides is 1. The summed E-state index contributed by atoms with van der Waals surface area (Å²) in [5.74, 6) is -0.361. The first kappa shape index (κ1) is 19.2. The lowest BCUT2D eigenvalue weighted by atomic mass is 10.2. The summed E-state index contributed by atoms with van der Waals surface area (Å²) >= 11 is 1.21. The van der Waals surface area contributed by atoms with Crippen LogP contribution in [0.5, 0.6) is 0 Å². The molecule has 0 radical (unpaired) electrons. The Morgan fingerprint density at radius 2 is 2.03 bits per heavy atom. The zero-order valence-electron chi connectivity index (χ0n) is 14.8. The van der Waals surface area contributed by atoms with E-state index in [1.165, 1.54) is 58.5 Å². The Morgan fingerprint density at radius 1 is 1.28 bits per heavy atom. The van der Waals surface area contributed by atoms with E-state index in [4.69, 9.17) is 4.42 Å². The molecule has 1 N–H and O–H groups in total. The van der Waals surface area contributed by atoms with E-state index in [1.54, 1.807) is 0 Å². The van der Waals surface area contributed by atoms with Gasteiger partial charge in [0.1, 0.15) is 6.26 Å². The molecule has 10 nitrogen and oxygen atoms in total. The van der Waals surface area contributed by atoms with E-state index < -0.39 is 14.9 Å². The van der Waals surface area contributed by atoms with Gasteiger partial charge < -0.3 is 4.42 Å². The molecule has 3 heterocycles. The summed E-state index contributed by atoms with van der Waals surface area (Å²) in [6.45, 7) is 0.346. The first-order chi connectivity index (χ1) is 13.8. The second-order valence-corrected chi connectivity index (χ2v) is 9.22. The quantitative estimate of drug-likeness (QED) is 0.481. The number of hydrogen-bond acceptors (Lipinski definition) is 8. The average molecular weight is 434 g/mol. The Hall–Kier alpha value is -3.09. The van der Waals surface area contributed by atoms with Gasteiger partial charge in [0.25, 0.3) is 11.6 Å². The fraction of sp³-hybridized carbons (Fsp3) is 0.176. The fourth-order valence-electron chi connectivity index (χ4n) is 2.88. The molecule has 150 valence electrons. The summed E-state index contributed by atoms with van der Waals surface area (Å²) in [5, 5.41) is 13.8. The average Bonchev–Trinajstić information content (AvgIpc) is 3.37. The van der Waals surface area contributed by atoms with Crippen LogP contribution in [0.15, 0.2) is 52.2 Å². The van der Waals surface area contributed by atoms with Gasteiger partial charge in [0.15, 0.2) is 5.13 Å². The van der Waals surface area contributed by atoms with Gasteiger partial charge in [0, 0.05) is 30.0 Å². The Labute approximate surface area is 169 Å². The zero-order valence-corrected chi connectivity index (χ0v) is 16.4. The number of thiazole rings is 1. The number of carbonyl (C=O) groups is 1. The van der Waals surface area contributed by atoms with Gasteiger partial charge in [0.05, 0.1) is 33.9 Å². The number of hydrogen-bond donors (Lipinski definition) is 1. The van der Waals surface area contributed by atoms with Crippen molar-refractivity contribution >= 4 is 38.1 Å². The number of anilines is 1. The summed E-state index contributed by atoms with van der Waals surface area (Å²) in [6, 6.07) is 6.32. The highest BCUT2D eigenvalue weighted by Crippen LogP contribution is 2.31. The highest BCUT2D eigenvalue weighted by molar-refractivity contribution is 7.89. The van der Waals surface area contributed by atoms with E-state index in [2.05, 4.69) is 10.3 Å². The van der Waals surface area contributed by atoms with E-state index >= 15 is 0 Å². The number of aromatic nitrogens is 1. The lowest BCUT2D eigenvalue weighted by molar-refractivity contribution is -0.384. The van der Waals surface area contributed by atoms with Crippen molar-refractivity contribution < 1.29 is 22.6 Å². The van der Waals surface area contributed by atoms with E-state index in [0.717, 1.165) is 10.6 Å². The van der Waals surface area contributed by atoms with Crippen molar-refractivity contribution in [3.8, 4) is 0 Å². The van der Waals surface area contributed by atoms with Gasteiger partial charge in [0.2, 0.25) is 10.0 Å². The highest BCUT2D eigenvalue weighted by atomic mass is 32.2. The number of carbonyl (C=O) groups excluding carboxylic acids is 1. The van der Waals surface area contributed by atoms with Gasteiger partial charge in [-0.2, -0.15) is 4.31 Å². The molecule has 12 heteroatoms. The van der Waals surface area contributed by atoms with Crippen LogP contribution in [0, 0.1) is 10.1 Å². The third-order valence-electron chi connectivity index (χ3n) is 4.39. The van der Waals surface area contributed by atoms with Gasteiger partial charge in [-0.15, -0.1) is 11.3 Å². The molecule has 0 saturated carbocycles. The van der Waals surface area contributed by atoms with Gasteiger partial charge in [-0.1, -0.05) is 0 Å². The topological polar surface area (TPSA) is 136 Å². The van der Waals surface area contributed by atoms with Gasteiger partial charge >= 0.3 is 0 Å². The SMILES string of the molecule is O=C(Nc1nc2c(s1)CN(S(=O)(=O)c1ccc([N+](=O)[O-])cc1)CC2)c1ccoc1. The second-order valence-electron chi connectivity index (χ2n) is 6.19. The molecule has 1 aromatic carbocycles. The van der Waals surface area contributed by atoms with Gasteiger partial charge in [-0.3, -0.25) is 20.2 Å². The summed E-state index contributed by atoms with van der Waals surface area (Å²) in [4.78, 5) is 27.4. The minimum atomic E-state index is -3.81. The molecular formula is C17H14N4O6S2. The fourth-order valence-corrected chi connectivity index (χ4v) is 5.39. The Bertz CT molecular complexity index is 1170. The normalized spacial score (nSPS) is 14.3. The summed E-state index contributed by atoms with van der Waals surface area (Å²) in [5.41, 5.74) is 0.929. The molecule has 3 aromatic rings. The number of furan rings is 1. The molecular weight excluding hydrogens is 420 g/mol. The van der Waals surface area contributed by atoms with Crippen LogP contribution in [0.1, 0.15) is 20.9 Å². The van der Waals surface area contributed by atoms with Gasteiger partial charge in [-0.25, -0.2) is 13.4 Å². The maximum atomic E-state index is 12.9. The molecule has 2 aromatic heterocycles. The molecule has 1 amide bonds. The number of fused-ring (bicyclic) bond motifs is 1. The van der Waals surface area contributed by atoms with Crippen molar-refractivity contribution in [3.05, 3.63) is 69.1 Å². The standard InChI is InChI=1S/C17H14N4O6S2/c22-16(11-6-8-27-10-11)19-17-18-14-5-7-20(9-15(14)28-17)29(25,26)13-3-1-12(2-4-13)21(23)24/h1-4,6,8,10H,5,7,9H2,(H,18,19,22). The molecule has 0 bridgehead atoms. The van der Waals surface area contributed by atoms with Crippen molar-refractivity contribution in [2.75, 3.05) is 11.9 Å². The zero-order chi connectivity index (χ0) is 20.6. The minimum absolute atomic E-state index is 0.00968. The van der Waals surface area contributed by atoms with Crippen LogP contribution in [0.2, 0.25) is 0 Å². The number of non-ortho nitro benzene ring substituents is 1. The number of amides is 1. The third-order valence-corrected chi connectivity index (χ3v) is 7.24. The maximum Gasteiger partial charge on any atom is 0.269 e. The van der Waals surface area contributed by atoms with E-state index in [1.807, 2.05) is 0 Å². The molecule has 0 fully saturated rings. The largest absolute Gasteiger partial charge is 0.472 e. The van der Waals surface area contributed by atoms with Crippen molar-refractivity contribution in [3.63, 3.8) is 0 Å². The molecule has 0 aliphatic carbocycles. The Kier molecular flexibility index (Phi) is 4.90. The first-order valence-electron chi connectivity index (χ1n) is 8.41. The Balaban J connectivity index is 1.51. The molecule has 0 atom stereocenters. The number of nitrogens with one attached hydrogen (secondary N) is 1. The molecule has 1 aliphatic heterocycles. The number of nitro benzene ring substituents is 1. The second kappa shape index (κ2) is 7.39. The molecule has 0 spiro atoms. The maximum absolute atomic E-state index is 12.9. The highest BCUT2D eigenvalue weighted by Gasteiger charge is 2.31. The van der Waals surface area contributed by atoms with Crippen LogP contribution >= 0.6 is 11.3 Å². The Morgan fingerprint density at radius 3 is 2.69 bits per heavy atom. The van der Waals surface area contributed by atoms with Crippen LogP contribution in [0.3, 0.4) is 0 Å². The van der Waals surface area contributed by atoms with Crippen molar-refractivity contribution in [2.24, 2.45) is 0 Å². The number of rotatable bonds is 5. The lowest BCUT2D eigenvalue weighted by Crippen LogP contribution is -2.35. The van der Waals surface area contributed by atoms with Crippen molar-refractivity contribution in [2.45, 2.75) is 17.9 Å². The monoisotopic (exact) mass is 434 g/mol. The smallest absolute Gasteiger partial charge is 0.269 e. The van der Waals surface area contributed by atoms with Crippen LogP contribution in [0.25, 0.3) is 0 Å². The predicted molar refractivity (Wildman–Crippen MR) is 103 cm³/mol. The lowest BCUT2D eigenvalue weighted by Gasteiger charge is -2.25. The van der Waals surface area contributed by atoms with Crippen molar-refractivity contribution in [1.82, 2.24) is 9.29 Å². The molecule has 1 aliphatic rings. The third kappa shape index (κ3) is 3.77. The van der Waals surface area contributed by atoms with Crippen LogP contribution in [0.4, 0.5) is 10.8 Å². The van der Waals surface area contributed by atoms with Gasteiger partial charge in [-0.05, 0) is 18.2 Å². The van der Waals surface area contributed by atoms with E-state index in [9.17, 15) is 23.3 Å². The molecule has 4 rings (SSSR count).